The number of aryl methyl sites for hydroxylation is 1. The van der Waals surface area contributed by atoms with Gasteiger partial charge in [0.15, 0.2) is 5.76 Å². The third kappa shape index (κ3) is 7.65. The Balaban J connectivity index is 1.62. The molecule has 1 nitrogen and oxygen atoms in total. The molecule has 0 fully saturated rings. The van der Waals surface area contributed by atoms with Crippen molar-refractivity contribution in [2.45, 2.75) is 96.6 Å². The van der Waals surface area contributed by atoms with Crippen molar-refractivity contribution in [2.75, 3.05) is 6.61 Å². The molecule has 186 valence electrons. The van der Waals surface area contributed by atoms with Crippen molar-refractivity contribution < 1.29 is 17.9 Å². The zero-order valence-electron chi connectivity index (χ0n) is 20.7. The largest absolute Gasteiger partial charge is 0.489 e. The fourth-order valence-corrected chi connectivity index (χ4v) is 4.48. The minimum Gasteiger partial charge on any atom is -0.489 e. The van der Waals surface area contributed by atoms with Crippen LogP contribution in [0.3, 0.4) is 0 Å². The van der Waals surface area contributed by atoms with E-state index in [9.17, 15) is 13.2 Å². The molecule has 2 aromatic rings. The van der Waals surface area contributed by atoms with Gasteiger partial charge < -0.3 is 4.74 Å². The standard InChI is InChI=1S/C30H39F3O/c1-3-5-7-9-11-23-13-15-24(16-14-23)25-17-18-26-20-29(30(32,33)21-27(26)19-25)34-22-28(31)12-10-8-6-4-2/h13-20,28H,3-12,21-22H2,1-2H3. The molecule has 0 amide bonds. The van der Waals surface area contributed by atoms with Gasteiger partial charge in [-0.1, -0.05) is 101 Å². The minimum absolute atomic E-state index is 0.314. The van der Waals surface area contributed by atoms with Crippen LogP contribution < -0.4 is 0 Å². The van der Waals surface area contributed by atoms with E-state index >= 15 is 0 Å². The predicted octanol–water partition coefficient (Wildman–Crippen LogP) is 9.33. The third-order valence-electron chi connectivity index (χ3n) is 6.60. The molecule has 0 aromatic heterocycles. The molecule has 0 saturated heterocycles. The molecule has 1 atom stereocenters. The second-order valence-electron chi connectivity index (χ2n) is 9.57. The van der Waals surface area contributed by atoms with E-state index in [-0.39, 0.29) is 6.61 Å². The van der Waals surface area contributed by atoms with Crippen molar-refractivity contribution in [2.24, 2.45) is 0 Å². The van der Waals surface area contributed by atoms with Crippen molar-refractivity contribution in [1.82, 2.24) is 0 Å². The highest BCUT2D eigenvalue weighted by atomic mass is 19.3. The lowest BCUT2D eigenvalue weighted by Gasteiger charge is -2.26. The van der Waals surface area contributed by atoms with Gasteiger partial charge in [-0.3, -0.25) is 0 Å². The van der Waals surface area contributed by atoms with Gasteiger partial charge in [0.25, 0.3) is 0 Å². The quantitative estimate of drug-likeness (QED) is 0.249. The maximum Gasteiger partial charge on any atom is 0.308 e. The molecular formula is C30H39F3O. The van der Waals surface area contributed by atoms with Crippen LogP contribution in [0.4, 0.5) is 13.2 Å². The van der Waals surface area contributed by atoms with Gasteiger partial charge in [-0.15, -0.1) is 0 Å². The highest BCUT2D eigenvalue weighted by Gasteiger charge is 2.40. The fourth-order valence-electron chi connectivity index (χ4n) is 4.48. The summed E-state index contributed by atoms with van der Waals surface area (Å²) < 4.78 is 49.0. The Labute approximate surface area is 203 Å². The summed E-state index contributed by atoms with van der Waals surface area (Å²) in [6.07, 6.45) is 9.99. The van der Waals surface area contributed by atoms with Crippen LogP contribution in [0.15, 0.2) is 48.2 Å². The summed E-state index contributed by atoms with van der Waals surface area (Å²) in [5.41, 5.74) is 4.58. The topological polar surface area (TPSA) is 9.23 Å². The predicted molar refractivity (Wildman–Crippen MR) is 136 cm³/mol. The summed E-state index contributed by atoms with van der Waals surface area (Å²) in [6.45, 7) is 4.00. The van der Waals surface area contributed by atoms with Crippen molar-refractivity contribution >= 4 is 6.08 Å². The lowest BCUT2D eigenvalue weighted by molar-refractivity contribution is -0.0297. The second-order valence-corrected chi connectivity index (χ2v) is 9.57. The Hall–Kier alpha value is -2.23. The average Bonchev–Trinajstić information content (AvgIpc) is 2.83. The van der Waals surface area contributed by atoms with Crippen LogP contribution >= 0.6 is 0 Å². The molecule has 0 radical (unpaired) electrons. The number of hydrogen-bond acceptors (Lipinski definition) is 1. The van der Waals surface area contributed by atoms with Crippen molar-refractivity contribution in [3.8, 4) is 11.1 Å². The molecule has 4 heteroatoms. The summed E-state index contributed by atoms with van der Waals surface area (Å²) in [4.78, 5) is 0. The summed E-state index contributed by atoms with van der Waals surface area (Å²) in [7, 11) is 0. The van der Waals surface area contributed by atoms with Crippen LogP contribution in [0.5, 0.6) is 0 Å². The van der Waals surface area contributed by atoms with E-state index in [0.29, 0.717) is 12.0 Å². The number of benzene rings is 2. The number of rotatable bonds is 14. The van der Waals surface area contributed by atoms with Crippen molar-refractivity contribution in [1.29, 1.82) is 0 Å². The van der Waals surface area contributed by atoms with Crippen molar-refractivity contribution in [3.05, 3.63) is 64.9 Å². The van der Waals surface area contributed by atoms with Crippen LogP contribution in [0.2, 0.25) is 0 Å². The Bertz CT molecular complexity index is 917. The summed E-state index contributed by atoms with van der Waals surface area (Å²) in [6, 6.07) is 14.1. The van der Waals surface area contributed by atoms with Gasteiger partial charge in [-0.05, 0) is 53.2 Å². The molecule has 0 spiro atoms. The zero-order valence-corrected chi connectivity index (χ0v) is 20.7. The second kappa shape index (κ2) is 13.0. The number of ether oxygens (including phenoxy) is 1. The molecule has 0 bridgehead atoms. The molecular weight excluding hydrogens is 433 g/mol. The van der Waals surface area contributed by atoms with Gasteiger partial charge in [-0.25, -0.2) is 4.39 Å². The molecule has 0 saturated carbocycles. The maximum absolute atomic E-state index is 14.8. The summed E-state index contributed by atoms with van der Waals surface area (Å²) in [5.74, 6) is -3.55. The lowest BCUT2D eigenvalue weighted by atomic mass is 9.90. The number of hydrogen-bond donors (Lipinski definition) is 0. The van der Waals surface area contributed by atoms with Crippen LogP contribution in [-0.2, 0) is 17.6 Å². The van der Waals surface area contributed by atoms with E-state index in [4.69, 9.17) is 4.74 Å². The zero-order chi connectivity index (χ0) is 24.4. The Morgan fingerprint density at radius 3 is 2.24 bits per heavy atom. The normalized spacial score (nSPS) is 15.5. The number of unbranched alkanes of at least 4 members (excludes halogenated alkanes) is 6. The van der Waals surface area contributed by atoms with E-state index in [1.165, 1.54) is 37.3 Å². The van der Waals surface area contributed by atoms with E-state index in [1.54, 1.807) is 0 Å². The first-order valence-corrected chi connectivity index (χ1v) is 13.0. The van der Waals surface area contributed by atoms with E-state index < -0.39 is 24.3 Å². The lowest BCUT2D eigenvalue weighted by Crippen LogP contribution is -2.29. The van der Waals surface area contributed by atoms with Crippen LogP contribution in [-0.4, -0.2) is 18.7 Å². The van der Waals surface area contributed by atoms with Gasteiger partial charge in [0.1, 0.15) is 12.8 Å². The number of fused-ring (bicyclic) bond motifs is 1. The van der Waals surface area contributed by atoms with Gasteiger partial charge in [0.2, 0.25) is 0 Å². The number of halogens is 3. The first kappa shape index (κ1) is 26.4. The first-order chi connectivity index (χ1) is 16.4. The van der Waals surface area contributed by atoms with Gasteiger partial charge in [-0.2, -0.15) is 8.78 Å². The number of alkyl halides is 3. The molecule has 0 aliphatic heterocycles. The highest BCUT2D eigenvalue weighted by molar-refractivity contribution is 5.70. The average molecular weight is 473 g/mol. The Morgan fingerprint density at radius 2 is 1.53 bits per heavy atom. The molecule has 34 heavy (non-hydrogen) atoms. The number of allylic oxidation sites excluding steroid dienone is 1. The smallest absolute Gasteiger partial charge is 0.308 e. The molecule has 2 aromatic carbocycles. The summed E-state index contributed by atoms with van der Waals surface area (Å²) in [5, 5.41) is 0. The van der Waals surface area contributed by atoms with Crippen LogP contribution in [0.1, 0.15) is 88.3 Å². The maximum atomic E-state index is 14.8. The molecule has 1 aliphatic rings. The van der Waals surface area contributed by atoms with E-state index in [2.05, 4.69) is 38.1 Å². The van der Waals surface area contributed by atoms with Crippen molar-refractivity contribution in [3.63, 3.8) is 0 Å². The molecule has 1 unspecified atom stereocenters. The molecule has 0 N–H and O–H groups in total. The third-order valence-corrected chi connectivity index (χ3v) is 6.60. The van der Waals surface area contributed by atoms with Gasteiger partial charge >= 0.3 is 5.92 Å². The van der Waals surface area contributed by atoms with E-state index in [0.717, 1.165) is 48.8 Å². The highest BCUT2D eigenvalue weighted by Crippen LogP contribution is 2.38. The molecule has 0 heterocycles. The monoisotopic (exact) mass is 472 g/mol. The Kier molecular flexibility index (Phi) is 10.1. The SMILES string of the molecule is CCCCCCc1ccc(-c2ccc3c(c2)CC(F)(F)C(OCC(F)CCCCCC)=C3)cc1. The van der Waals surface area contributed by atoms with E-state index in [1.807, 2.05) is 18.2 Å². The fraction of sp³-hybridized carbons (Fsp3) is 0.533. The van der Waals surface area contributed by atoms with Gasteiger partial charge in [0, 0.05) is 6.42 Å². The molecule has 1 aliphatic carbocycles. The van der Waals surface area contributed by atoms with Gasteiger partial charge in [0.05, 0.1) is 0 Å². The first-order valence-electron chi connectivity index (χ1n) is 13.0. The Morgan fingerprint density at radius 1 is 0.853 bits per heavy atom. The minimum atomic E-state index is -3.13. The van der Waals surface area contributed by atoms with Crippen LogP contribution in [0.25, 0.3) is 17.2 Å². The van der Waals surface area contributed by atoms with Crippen LogP contribution in [0, 0.1) is 0 Å². The summed E-state index contributed by atoms with van der Waals surface area (Å²) >= 11 is 0. The molecule has 3 rings (SSSR count).